The highest BCUT2D eigenvalue weighted by Crippen LogP contribution is 2.53. The summed E-state index contributed by atoms with van der Waals surface area (Å²) in [5.74, 6) is -19.3. The normalized spacial score (nSPS) is 14.3. The van der Waals surface area contributed by atoms with E-state index in [4.69, 9.17) is 0 Å². The minimum Gasteiger partial charge on any atom is -0.397 e. The quantitative estimate of drug-likeness (QED) is 0.534. The van der Waals surface area contributed by atoms with Gasteiger partial charge in [-0.25, -0.2) is 0 Å². The molecule has 0 amide bonds. The second kappa shape index (κ2) is 4.71. The Kier molecular flexibility index (Phi) is 4.40. The van der Waals surface area contributed by atoms with Gasteiger partial charge in [-0.05, 0) is 0 Å². The largest absolute Gasteiger partial charge is 0.472 e. The van der Waals surface area contributed by atoms with Crippen LogP contribution in [0.1, 0.15) is 6.92 Å². The number of rotatable bonds is 5. The van der Waals surface area contributed by atoms with Gasteiger partial charge in [0.1, 0.15) is 0 Å². The summed E-state index contributed by atoms with van der Waals surface area (Å²) >= 11 is 0. The van der Waals surface area contributed by atoms with Gasteiger partial charge >= 0.3 is 36.0 Å². The van der Waals surface area contributed by atoms with Crippen molar-refractivity contribution in [1.82, 2.24) is 0 Å². The van der Waals surface area contributed by atoms with E-state index in [2.05, 4.69) is 0 Å². The van der Waals surface area contributed by atoms with E-state index in [0.717, 1.165) is 0 Å². The van der Waals surface area contributed by atoms with Crippen molar-refractivity contribution in [2.75, 3.05) is 0 Å². The lowest BCUT2D eigenvalue weighted by Gasteiger charge is -2.34. The first-order valence-electron chi connectivity index (χ1n) is 3.99. The van der Waals surface area contributed by atoms with Gasteiger partial charge in [0.2, 0.25) is 0 Å². The Morgan fingerprint density at radius 3 is 1.37 bits per heavy atom. The van der Waals surface area contributed by atoms with Crippen LogP contribution in [0, 0.1) is 0 Å². The zero-order valence-corrected chi connectivity index (χ0v) is 8.57. The van der Waals surface area contributed by atoms with E-state index in [-0.39, 0.29) is 0 Å². The highest BCUT2D eigenvalue weighted by atomic mass is 19.4. The molecule has 0 fully saturated rings. The van der Waals surface area contributed by atoms with Crippen LogP contribution in [0.25, 0.3) is 0 Å². The topological polar surface area (TPSA) is 9.23 Å². The van der Waals surface area contributed by atoms with Crippen LogP contribution in [0.3, 0.4) is 0 Å². The predicted molar refractivity (Wildman–Crippen MR) is 36.9 cm³/mol. The van der Waals surface area contributed by atoms with Gasteiger partial charge in [-0.15, -0.1) is 0 Å². The van der Waals surface area contributed by atoms with Crippen molar-refractivity contribution in [3.63, 3.8) is 0 Å². The molecule has 0 heterocycles. The van der Waals surface area contributed by atoms with E-state index in [9.17, 15) is 48.3 Å². The molecule has 0 aromatic carbocycles. The molecule has 114 valence electrons. The van der Waals surface area contributed by atoms with Crippen LogP contribution in [0.15, 0.2) is 12.1 Å². The number of hydrogen-bond donors (Lipinski definition) is 0. The Balaban J connectivity index is 5.59. The maximum Gasteiger partial charge on any atom is 0.472 e. The summed E-state index contributed by atoms with van der Waals surface area (Å²) in [6, 6.07) is -3.60. The molecule has 0 aliphatic carbocycles. The Morgan fingerprint density at radius 1 is 0.737 bits per heavy atom. The smallest absolute Gasteiger partial charge is 0.397 e. The van der Waals surface area contributed by atoms with E-state index in [0.29, 0.717) is 0 Å². The van der Waals surface area contributed by atoms with Gasteiger partial charge in [0, 0.05) is 6.92 Å². The monoisotopic (exact) mass is 312 g/mol. The number of halogens is 11. The molecule has 0 N–H and O–H groups in total. The van der Waals surface area contributed by atoms with Crippen molar-refractivity contribution in [3.05, 3.63) is 12.1 Å². The van der Waals surface area contributed by atoms with Gasteiger partial charge in [0.05, 0.1) is 0 Å². The third kappa shape index (κ3) is 3.03. The molecule has 0 saturated carbocycles. The second-order valence-electron chi connectivity index (χ2n) is 3.19. The summed E-state index contributed by atoms with van der Waals surface area (Å²) in [6.45, 7) is -0.821. The number of alkyl halides is 8. The Labute approximate surface area is 97.2 Å². The molecule has 0 aliphatic heterocycles. The van der Waals surface area contributed by atoms with Gasteiger partial charge in [-0.1, -0.05) is 0 Å². The van der Waals surface area contributed by atoms with Gasteiger partial charge in [0.15, 0.2) is 0 Å². The van der Waals surface area contributed by atoms with Crippen molar-refractivity contribution < 1.29 is 53.0 Å². The zero-order chi connectivity index (χ0) is 15.9. The molecule has 1 nitrogen and oxygen atoms in total. The average molecular weight is 312 g/mol. The van der Waals surface area contributed by atoms with Gasteiger partial charge in [-0.2, -0.15) is 48.3 Å². The summed E-state index contributed by atoms with van der Waals surface area (Å²) in [5, 5.41) is 0. The first-order valence-corrected chi connectivity index (χ1v) is 3.99. The van der Waals surface area contributed by atoms with E-state index in [1.165, 1.54) is 0 Å². The van der Waals surface area contributed by atoms with Crippen LogP contribution < -0.4 is 0 Å². The molecule has 0 saturated heterocycles. The molecule has 0 spiro atoms. The fourth-order valence-electron chi connectivity index (χ4n) is 0.674. The second-order valence-corrected chi connectivity index (χ2v) is 3.19. The molecule has 0 aromatic rings. The molecule has 0 aliphatic rings. The Hall–Kier alpha value is -1.23. The van der Waals surface area contributed by atoms with Crippen LogP contribution >= 0.6 is 0 Å². The van der Waals surface area contributed by atoms with Crippen LogP contribution in [-0.4, -0.2) is 23.9 Å². The van der Waals surface area contributed by atoms with Crippen LogP contribution in [0.2, 0.25) is 0 Å². The van der Waals surface area contributed by atoms with Crippen LogP contribution in [0.4, 0.5) is 48.3 Å². The summed E-state index contributed by atoms with van der Waals surface area (Å²) in [6.07, 6.45) is -10.3. The average Bonchev–Trinajstić information content (AvgIpc) is 2.14. The molecule has 0 bridgehead atoms. The highest BCUT2D eigenvalue weighted by molar-refractivity contribution is 5.00. The maximum absolute atomic E-state index is 12.6. The standard InChI is InChI=1S/C7H3F11O/c1-4(11,12)5(13,14)6(15,16)7(17,18)19-3(10)2(8)9/h1H3. The van der Waals surface area contributed by atoms with Crippen molar-refractivity contribution in [1.29, 1.82) is 0 Å². The molecule has 0 radical (unpaired) electrons. The van der Waals surface area contributed by atoms with Crippen molar-refractivity contribution >= 4 is 0 Å². The van der Waals surface area contributed by atoms with Crippen LogP contribution in [0.5, 0.6) is 0 Å². The van der Waals surface area contributed by atoms with Gasteiger partial charge < -0.3 is 4.74 Å². The van der Waals surface area contributed by atoms with Crippen LogP contribution in [-0.2, 0) is 4.74 Å². The Morgan fingerprint density at radius 2 is 1.11 bits per heavy atom. The molecular formula is C7H3F11O. The summed E-state index contributed by atoms with van der Waals surface area (Å²) < 4.78 is 136. The van der Waals surface area contributed by atoms with E-state index < -0.39 is 42.9 Å². The molecule has 0 unspecified atom stereocenters. The summed E-state index contributed by atoms with van der Waals surface area (Å²) in [4.78, 5) is 0. The first kappa shape index (κ1) is 17.8. The highest BCUT2D eigenvalue weighted by Gasteiger charge is 2.81. The maximum atomic E-state index is 12.6. The molecule has 12 heteroatoms. The number of hydrogen-bond acceptors (Lipinski definition) is 1. The lowest BCUT2D eigenvalue weighted by Crippen LogP contribution is -2.61. The number of ether oxygens (including phenoxy) is 1. The zero-order valence-electron chi connectivity index (χ0n) is 8.57. The van der Waals surface area contributed by atoms with Gasteiger partial charge in [0.25, 0.3) is 0 Å². The molecular weight excluding hydrogens is 309 g/mol. The van der Waals surface area contributed by atoms with Crippen molar-refractivity contribution in [3.8, 4) is 0 Å². The lowest BCUT2D eigenvalue weighted by atomic mass is 10.1. The lowest BCUT2D eigenvalue weighted by molar-refractivity contribution is -0.421. The van der Waals surface area contributed by atoms with E-state index in [1.54, 1.807) is 0 Å². The third-order valence-corrected chi connectivity index (χ3v) is 1.68. The van der Waals surface area contributed by atoms with Crippen molar-refractivity contribution in [2.45, 2.75) is 30.8 Å². The predicted octanol–water partition coefficient (Wildman–Crippen LogP) is 4.56. The summed E-state index contributed by atoms with van der Waals surface area (Å²) in [7, 11) is 0. The van der Waals surface area contributed by atoms with Crippen molar-refractivity contribution in [2.24, 2.45) is 0 Å². The third-order valence-electron chi connectivity index (χ3n) is 1.68. The first-order chi connectivity index (χ1) is 8.08. The molecule has 0 rings (SSSR count). The van der Waals surface area contributed by atoms with E-state index >= 15 is 0 Å². The minimum atomic E-state index is -6.95. The van der Waals surface area contributed by atoms with E-state index in [1.807, 2.05) is 4.74 Å². The fraction of sp³-hybridized carbons (Fsp3) is 0.714. The molecule has 0 aromatic heterocycles. The minimum absolute atomic E-state index is 0.821. The van der Waals surface area contributed by atoms with Gasteiger partial charge in [-0.3, -0.25) is 0 Å². The summed E-state index contributed by atoms with van der Waals surface area (Å²) in [5.41, 5.74) is 0. The molecule has 19 heavy (non-hydrogen) atoms. The SMILES string of the molecule is CC(F)(F)C(F)(F)C(F)(F)C(F)(F)OC(F)=C(F)F. The molecule has 0 atom stereocenters. The fourth-order valence-corrected chi connectivity index (χ4v) is 0.674. The Bertz CT molecular complexity index is 362.